The molecule has 0 aromatic heterocycles. The predicted octanol–water partition coefficient (Wildman–Crippen LogP) is 1.06. The molecule has 154 valence electrons. The molecule has 2 aromatic rings. The number of benzene rings is 2. The zero-order chi connectivity index (χ0) is 21.8. The van der Waals surface area contributed by atoms with E-state index in [1.165, 1.54) is 26.0 Å². The zero-order valence-corrected chi connectivity index (χ0v) is 16.2. The number of nitrogens with zero attached hydrogens (tertiary/aromatic N) is 1. The maximum atomic E-state index is 12.5. The maximum Gasteiger partial charge on any atom is 0.329 e. The van der Waals surface area contributed by atoms with E-state index in [2.05, 4.69) is 10.9 Å². The summed E-state index contributed by atoms with van der Waals surface area (Å²) in [5.74, 6) is -3.45. The highest BCUT2D eigenvalue weighted by Crippen LogP contribution is 2.24. The van der Waals surface area contributed by atoms with E-state index < -0.39 is 41.7 Å². The largest absolute Gasteiger partial charge is 0.451 e. The van der Waals surface area contributed by atoms with E-state index in [1.54, 1.807) is 42.5 Å². The summed E-state index contributed by atoms with van der Waals surface area (Å²) in [7, 11) is 0. The summed E-state index contributed by atoms with van der Waals surface area (Å²) < 4.78 is 5.07. The van der Waals surface area contributed by atoms with Crippen LogP contribution < -0.4 is 10.9 Å². The van der Waals surface area contributed by atoms with Gasteiger partial charge in [-0.2, -0.15) is 0 Å². The van der Waals surface area contributed by atoms with Crippen LogP contribution in [-0.2, 0) is 14.3 Å². The lowest BCUT2D eigenvalue weighted by atomic mass is 10.1. The first-order valence-electron chi connectivity index (χ1n) is 9.14. The van der Waals surface area contributed by atoms with Crippen LogP contribution in [0.3, 0.4) is 0 Å². The van der Waals surface area contributed by atoms with Crippen molar-refractivity contribution in [3.63, 3.8) is 0 Å². The van der Waals surface area contributed by atoms with Crippen LogP contribution in [0.15, 0.2) is 54.6 Å². The Labute approximate surface area is 172 Å². The van der Waals surface area contributed by atoms with E-state index in [9.17, 15) is 24.0 Å². The molecule has 1 aliphatic rings. The van der Waals surface area contributed by atoms with Crippen LogP contribution in [0.1, 0.15) is 44.9 Å². The van der Waals surface area contributed by atoms with Crippen LogP contribution in [0.4, 0.5) is 0 Å². The number of rotatable bonds is 5. The molecule has 0 saturated heterocycles. The summed E-state index contributed by atoms with van der Waals surface area (Å²) in [6.45, 7) is 2.64. The smallest absolute Gasteiger partial charge is 0.329 e. The predicted molar refractivity (Wildman–Crippen MR) is 104 cm³/mol. The Kier molecular flexibility index (Phi) is 5.91. The van der Waals surface area contributed by atoms with Gasteiger partial charge in [-0.1, -0.05) is 30.3 Å². The molecule has 30 heavy (non-hydrogen) atoms. The SMILES string of the molecule is C[C@@H](OC(=O)[C@H](C)N1C(=O)c2ccccc2C1=O)C(=O)NNC(=O)c1ccccc1. The lowest BCUT2D eigenvalue weighted by molar-refractivity contribution is -0.158. The highest BCUT2D eigenvalue weighted by molar-refractivity contribution is 6.22. The van der Waals surface area contributed by atoms with Gasteiger partial charge < -0.3 is 4.74 Å². The van der Waals surface area contributed by atoms with Gasteiger partial charge in [-0.05, 0) is 38.1 Å². The molecule has 0 unspecified atom stereocenters. The second-order valence-corrected chi connectivity index (χ2v) is 6.59. The van der Waals surface area contributed by atoms with Crippen molar-refractivity contribution in [2.45, 2.75) is 26.0 Å². The van der Waals surface area contributed by atoms with Crippen molar-refractivity contribution in [1.29, 1.82) is 0 Å². The first-order valence-corrected chi connectivity index (χ1v) is 9.14. The molecule has 2 aromatic carbocycles. The quantitative estimate of drug-likeness (QED) is 0.433. The van der Waals surface area contributed by atoms with E-state index in [4.69, 9.17) is 4.74 Å². The normalized spacial score (nSPS) is 14.5. The molecule has 9 heteroatoms. The minimum absolute atomic E-state index is 0.205. The topological polar surface area (TPSA) is 122 Å². The van der Waals surface area contributed by atoms with E-state index in [0.717, 1.165) is 4.90 Å². The van der Waals surface area contributed by atoms with Gasteiger partial charge in [0, 0.05) is 5.56 Å². The summed E-state index contributed by atoms with van der Waals surface area (Å²) in [4.78, 5) is 62.2. The van der Waals surface area contributed by atoms with Gasteiger partial charge in [-0.3, -0.25) is 34.9 Å². The molecule has 0 spiro atoms. The lowest BCUT2D eigenvalue weighted by Gasteiger charge is -2.22. The first-order chi connectivity index (χ1) is 14.3. The number of ether oxygens (including phenoxy) is 1. The van der Waals surface area contributed by atoms with Crippen molar-refractivity contribution >= 4 is 29.6 Å². The summed E-state index contributed by atoms with van der Waals surface area (Å²) in [6, 6.07) is 13.2. The highest BCUT2D eigenvalue weighted by atomic mass is 16.5. The molecule has 4 amide bonds. The number of hydrogen-bond acceptors (Lipinski definition) is 6. The van der Waals surface area contributed by atoms with Crippen molar-refractivity contribution in [1.82, 2.24) is 15.8 Å². The molecular formula is C21H19N3O6. The van der Waals surface area contributed by atoms with Gasteiger partial charge in [-0.15, -0.1) is 0 Å². The Morgan fingerprint density at radius 1 is 0.833 bits per heavy atom. The van der Waals surface area contributed by atoms with Crippen LogP contribution in [0.25, 0.3) is 0 Å². The fourth-order valence-electron chi connectivity index (χ4n) is 2.87. The Morgan fingerprint density at radius 3 is 1.93 bits per heavy atom. The minimum atomic E-state index is -1.27. The summed E-state index contributed by atoms with van der Waals surface area (Å²) >= 11 is 0. The lowest BCUT2D eigenvalue weighted by Crippen LogP contribution is -2.49. The highest BCUT2D eigenvalue weighted by Gasteiger charge is 2.41. The average Bonchev–Trinajstić information content (AvgIpc) is 3.02. The first kappa shape index (κ1) is 20.7. The molecule has 0 bridgehead atoms. The monoisotopic (exact) mass is 409 g/mol. The number of hydrazine groups is 1. The Morgan fingerprint density at radius 2 is 1.37 bits per heavy atom. The van der Waals surface area contributed by atoms with E-state index in [-0.39, 0.29) is 11.1 Å². The van der Waals surface area contributed by atoms with Gasteiger partial charge in [-0.25, -0.2) is 4.79 Å². The van der Waals surface area contributed by atoms with Gasteiger partial charge >= 0.3 is 5.97 Å². The molecule has 0 fully saturated rings. The average molecular weight is 409 g/mol. The molecule has 3 rings (SSSR count). The van der Waals surface area contributed by atoms with Gasteiger partial charge in [0.25, 0.3) is 23.6 Å². The second-order valence-electron chi connectivity index (χ2n) is 6.59. The van der Waals surface area contributed by atoms with Crippen molar-refractivity contribution < 1.29 is 28.7 Å². The number of esters is 1. The van der Waals surface area contributed by atoms with Crippen molar-refractivity contribution in [3.8, 4) is 0 Å². The third kappa shape index (κ3) is 4.04. The Hall–Kier alpha value is -4.01. The standard InChI is InChI=1S/C21H19N3O6/c1-12(24-19(27)15-10-6-7-11-16(15)20(24)28)21(29)30-13(2)17(25)22-23-18(26)14-8-4-3-5-9-14/h3-13H,1-2H3,(H,22,25)(H,23,26)/t12-,13+/m0/s1. The van der Waals surface area contributed by atoms with Crippen LogP contribution in [0.2, 0.25) is 0 Å². The Bertz CT molecular complexity index is 985. The molecule has 1 heterocycles. The fourth-order valence-corrected chi connectivity index (χ4v) is 2.87. The van der Waals surface area contributed by atoms with Gasteiger partial charge in [0.05, 0.1) is 11.1 Å². The number of nitrogens with one attached hydrogen (secondary N) is 2. The number of hydrogen-bond donors (Lipinski definition) is 2. The summed E-state index contributed by atoms with van der Waals surface area (Å²) in [5, 5.41) is 0. The second kappa shape index (κ2) is 8.56. The molecule has 2 N–H and O–H groups in total. The van der Waals surface area contributed by atoms with Crippen LogP contribution in [0, 0.1) is 0 Å². The third-order valence-electron chi connectivity index (χ3n) is 4.55. The van der Waals surface area contributed by atoms with Gasteiger partial charge in [0.2, 0.25) is 0 Å². The number of carbonyl (C=O) groups is 5. The van der Waals surface area contributed by atoms with Crippen LogP contribution in [0.5, 0.6) is 0 Å². The number of amides is 4. The molecule has 0 aliphatic carbocycles. The van der Waals surface area contributed by atoms with Gasteiger partial charge in [0.1, 0.15) is 6.04 Å². The molecule has 0 radical (unpaired) electrons. The summed E-state index contributed by atoms with van der Waals surface area (Å²) in [6.07, 6.45) is -1.27. The van der Waals surface area contributed by atoms with Crippen LogP contribution in [-0.4, -0.2) is 46.6 Å². The number of imide groups is 1. The van der Waals surface area contributed by atoms with Crippen molar-refractivity contribution in [2.75, 3.05) is 0 Å². The van der Waals surface area contributed by atoms with Crippen molar-refractivity contribution in [2.24, 2.45) is 0 Å². The summed E-state index contributed by atoms with van der Waals surface area (Å²) in [5.41, 5.74) is 5.12. The zero-order valence-electron chi connectivity index (χ0n) is 16.2. The molecule has 0 saturated carbocycles. The number of carbonyl (C=O) groups excluding carboxylic acids is 5. The number of fused-ring (bicyclic) bond motifs is 1. The minimum Gasteiger partial charge on any atom is -0.451 e. The molecular weight excluding hydrogens is 390 g/mol. The van der Waals surface area contributed by atoms with Crippen molar-refractivity contribution in [3.05, 3.63) is 71.3 Å². The van der Waals surface area contributed by atoms with E-state index in [0.29, 0.717) is 5.56 Å². The van der Waals surface area contributed by atoms with E-state index >= 15 is 0 Å². The third-order valence-corrected chi connectivity index (χ3v) is 4.55. The Balaban J connectivity index is 1.56. The maximum absolute atomic E-state index is 12.5. The fraction of sp³-hybridized carbons (Fsp3) is 0.190. The van der Waals surface area contributed by atoms with E-state index in [1.807, 2.05) is 0 Å². The molecule has 1 aliphatic heterocycles. The molecule has 2 atom stereocenters. The van der Waals surface area contributed by atoms with Crippen LogP contribution >= 0.6 is 0 Å². The van der Waals surface area contributed by atoms with Gasteiger partial charge in [0.15, 0.2) is 6.10 Å². The molecule has 9 nitrogen and oxygen atoms in total.